The maximum absolute atomic E-state index is 12.1. The van der Waals surface area contributed by atoms with E-state index in [4.69, 9.17) is 4.74 Å². The zero-order valence-corrected chi connectivity index (χ0v) is 14.1. The van der Waals surface area contributed by atoms with Gasteiger partial charge in [-0.2, -0.15) is 4.80 Å². The molecule has 0 radical (unpaired) electrons. The number of aromatic nitrogens is 4. The number of ether oxygens (including phenoxy) is 1. The smallest absolute Gasteiger partial charge is 0.408 e. The van der Waals surface area contributed by atoms with Gasteiger partial charge in [-0.1, -0.05) is 37.3 Å². The van der Waals surface area contributed by atoms with E-state index in [1.54, 1.807) is 6.92 Å². The van der Waals surface area contributed by atoms with Crippen molar-refractivity contribution in [3.8, 4) is 0 Å². The van der Waals surface area contributed by atoms with Crippen LogP contribution >= 0.6 is 15.9 Å². The van der Waals surface area contributed by atoms with Gasteiger partial charge in [0.1, 0.15) is 13.2 Å². The molecule has 1 amide bonds. The molecule has 1 aromatic heterocycles. The van der Waals surface area contributed by atoms with Crippen LogP contribution in [0.1, 0.15) is 18.9 Å². The second kappa shape index (κ2) is 8.37. The zero-order chi connectivity index (χ0) is 16.7. The van der Waals surface area contributed by atoms with E-state index in [9.17, 15) is 9.59 Å². The van der Waals surface area contributed by atoms with Crippen LogP contribution in [-0.2, 0) is 22.7 Å². The van der Waals surface area contributed by atoms with Crippen LogP contribution < -0.4 is 5.32 Å². The van der Waals surface area contributed by atoms with Crippen LogP contribution in [0.2, 0.25) is 0 Å². The molecule has 2 rings (SSSR count). The van der Waals surface area contributed by atoms with E-state index in [-0.39, 0.29) is 18.9 Å². The van der Waals surface area contributed by atoms with Crippen molar-refractivity contribution >= 4 is 27.8 Å². The lowest BCUT2D eigenvalue weighted by atomic mass is 10.1. The number of nitrogens with one attached hydrogen (secondary N) is 1. The summed E-state index contributed by atoms with van der Waals surface area (Å²) in [6, 6.07) is 8.64. The Morgan fingerprint density at radius 3 is 2.70 bits per heavy atom. The second-order valence-corrected chi connectivity index (χ2v) is 5.43. The SMILES string of the molecule is CCC(NC(=O)OCc1ccccc1)C(=O)Cn1nnc(Br)n1. The number of tetrazole rings is 1. The van der Waals surface area contributed by atoms with E-state index >= 15 is 0 Å². The normalized spacial score (nSPS) is 11.7. The minimum atomic E-state index is -0.664. The largest absolute Gasteiger partial charge is 0.445 e. The second-order valence-electron chi connectivity index (χ2n) is 4.72. The fourth-order valence-corrected chi connectivity index (χ4v) is 2.11. The maximum atomic E-state index is 12.1. The number of rotatable bonds is 7. The molecule has 0 aliphatic carbocycles. The molecule has 23 heavy (non-hydrogen) atoms. The number of nitrogens with zero attached hydrogens (tertiary/aromatic N) is 4. The topological polar surface area (TPSA) is 99.0 Å². The van der Waals surface area contributed by atoms with Crippen LogP contribution in [0.3, 0.4) is 0 Å². The molecule has 9 heteroatoms. The van der Waals surface area contributed by atoms with Crippen molar-refractivity contribution in [2.24, 2.45) is 0 Å². The van der Waals surface area contributed by atoms with Crippen molar-refractivity contribution < 1.29 is 14.3 Å². The molecule has 0 spiro atoms. The lowest BCUT2D eigenvalue weighted by Crippen LogP contribution is -2.42. The first-order chi connectivity index (χ1) is 11.1. The summed E-state index contributed by atoms with van der Waals surface area (Å²) in [6.45, 7) is 1.87. The van der Waals surface area contributed by atoms with E-state index in [1.165, 1.54) is 0 Å². The summed E-state index contributed by atoms with van der Waals surface area (Å²) in [5.41, 5.74) is 0.874. The highest BCUT2D eigenvalue weighted by atomic mass is 79.9. The summed E-state index contributed by atoms with van der Waals surface area (Å²) in [7, 11) is 0. The molecule has 1 aromatic carbocycles. The highest BCUT2D eigenvalue weighted by Crippen LogP contribution is 2.03. The number of ketones is 1. The third-order valence-corrected chi connectivity index (χ3v) is 3.34. The molecule has 0 saturated heterocycles. The summed E-state index contributed by atoms with van der Waals surface area (Å²) in [6.07, 6.45) is -0.198. The maximum Gasteiger partial charge on any atom is 0.408 e. The molecular weight excluding hydrogens is 366 g/mol. The van der Waals surface area contributed by atoms with Gasteiger partial charge in [-0.15, -0.1) is 10.2 Å². The molecule has 1 unspecified atom stereocenters. The van der Waals surface area contributed by atoms with Crippen molar-refractivity contribution in [1.29, 1.82) is 0 Å². The first kappa shape index (κ1) is 17.1. The Morgan fingerprint density at radius 1 is 1.35 bits per heavy atom. The summed E-state index contributed by atoms with van der Waals surface area (Å²) in [5, 5.41) is 13.7. The van der Waals surface area contributed by atoms with Crippen LogP contribution in [0.5, 0.6) is 0 Å². The molecule has 0 fully saturated rings. The van der Waals surface area contributed by atoms with Crippen molar-refractivity contribution in [2.75, 3.05) is 0 Å². The number of Topliss-reactive ketones (excluding diaryl/α,β-unsaturated/α-hetero) is 1. The molecule has 1 N–H and O–H groups in total. The van der Waals surface area contributed by atoms with Crippen molar-refractivity contribution in [1.82, 2.24) is 25.5 Å². The third kappa shape index (κ3) is 5.44. The van der Waals surface area contributed by atoms with Gasteiger partial charge in [0, 0.05) is 0 Å². The van der Waals surface area contributed by atoms with Gasteiger partial charge in [-0.25, -0.2) is 4.79 Å². The zero-order valence-electron chi connectivity index (χ0n) is 12.5. The highest BCUT2D eigenvalue weighted by Gasteiger charge is 2.20. The molecule has 0 saturated carbocycles. The third-order valence-electron chi connectivity index (χ3n) is 3.03. The van der Waals surface area contributed by atoms with Gasteiger partial charge in [-0.3, -0.25) is 4.79 Å². The van der Waals surface area contributed by atoms with Crippen LogP contribution in [0.15, 0.2) is 35.1 Å². The van der Waals surface area contributed by atoms with Crippen molar-refractivity contribution in [3.63, 3.8) is 0 Å². The Kier molecular flexibility index (Phi) is 6.21. The Morgan fingerprint density at radius 2 is 2.09 bits per heavy atom. The van der Waals surface area contributed by atoms with Crippen LogP contribution in [-0.4, -0.2) is 38.1 Å². The number of carbonyl (C=O) groups is 2. The number of hydrogen-bond donors (Lipinski definition) is 1. The van der Waals surface area contributed by atoms with Gasteiger partial charge in [-0.05, 0) is 33.1 Å². The number of alkyl carbamates (subject to hydrolysis) is 1. The number of carbonyl (C=O) groups excluding carboxylic acids is 2. The number of amides is 1. The van der Waals surface area contributed by atoms with Gasteiger partial charge in [0.25, 0.3) is 0 Å². The lowest BCUT2D eigenvalue weighted by Gasteiger charge is -2.15. The fourth-order valence-electron chi connectivity index (χ4n) is 1.86. The number of hydrogen-bond acceptors (Lipinski definition) is 6. The molecule has 0 bridgehead atoms. The quantitative estimate of drug-likeness (QED) is 0.783. The van der Waals surface area contributed by atoms with E-state index in [1.807, 2.05) is 30.3 Å². The molecule has 1 heterocycles. The Labute approximate surface area is 141 Å². The molecular formula is C14H16BrN5O3. The Balaban J connectivity index is 1.83. The van der Waals surface area contributed by atoms with Crippen molar-refractivity contribution in [2.45, 2.75) is 32.5 Å². The van der Waals surface area contributed by atoms with Gasteiger partial charge >= 0.3 is 6.09 Å². The van der Waals surface area contributed by atoms with E-state index in [2.05, 4.69) is 36.7 Å². The fraction of sp³-hybridized carbons (Fsp3) is 0.357. The average Bonchev–Trinajstić information content (AvgIpc) is 2.96. The monoisotopic (exact) mass is 381 g/mol. The predicted octanol–water partition coefficient (Wildman–Crippen LogP) is 1.71. The highest BCUT2D eigenvalue weighted by molar-refractivity contribution is 9.10. The van der Waals surface area contributed by atoms with Crippen LogP contribution in [0, 0.1) is 0 Å². The van der Waals surface area contributed by atoms with Gasteiger partial charge in [0.2, 0.25) is 4.73 Å². The average molecular weight is 382 g/mol. The van der Waals surface area contributed by atoms with Gasteiger partial charge in [0.15, 0.2) is 5.78 Å². The minimum Gasteiger partial charge on any atom is -0.445 e. The summed E-state index contributed by atoms with van der Waals surface area (Å²) in [4.78, 5) is 25.1. The molecule has 0 aliphatic rings. The first-order valence-corrected chi connectivity index (χ1v) is 7.81. The Bertz CT molecular complexity index is 661. The van der Waals surface area contributed by atoms with Crippen LogP contribution in [0.25, 0.3) is 0 Å². The van der Waals surface area contributed by atoms with E-state index < -0.39 is 12.1 Å². The molecule has 0 aliphatic heterocycles. The van der Waals surface area contributed by atoms with E-state index in [0.29, 0.717) is 11.2 Å². The summed E-state index contributed by atoms with van der Waals surface area (Å²) < 4.78 is 5.40. The predicted molar refractivity (Wildman–Crippen MR) is 84.4 cm³/mol. The molecule has 122 valence electrons. The molecule has 8 nitrogen and oxygen atoms in total. The lowest BCUT2D eigenvalue weighted by molar-refractivity contribution is -0.122. The standard InChI is InChI=1S/C14H16BrN5O3/c1-2-11(12(21)8-20-18-13(15)17-19-20)16-14(22)23-9-10-6-4-3-5-7-10/h3-7,11H,2,8-9H2,1H3,(H,16,22). The molecule has 2 aromatic rings. The van der Waals surface area contributed by atoms with Gasteiger partial charge < -0.3 is 10.1 Å². The first-order valence-electron chi connectivity index (χ1n) is 7.01. The molecule has 1 atom stereocenters. The van der Waals surface area contributed by atoms with Gasteiger partial charge in [0.05, 0.1) is 6.04 Å². The number of benzene rings is 1. The minimum absolute atomic E-state index is 0.0733. The Hall–Kier alpha value is -2.29. The van der Waals surface area contributed by atoms with Crippen molar-refractivity contribution in [3.05, 3.63) is 40.6 Å². The summed E-state index contributed by atoms with van der Waals surface area (Å²) in [5.74, 6) is -0.228. The summed E-state index contributed by atoms with van der Waals surface area (Å²) >= 11 is 3.05. The van der Waals surface area contributed by atoms with E-state index in [0.717, 1.165) is 10.4 Å². The van der Waals surface area contributed by atoms with Crippen LogP contribution in [0.4, 0.5) is 4.79 Å². The number of halogens is 1.